The quantitative estimate of drug-likeness (QED) is 0.708. The lowest BCUT2D eigenvalue weighted by Gasteiger charge is -2.15. The molecule has 1 aliphatic carbocycles. The van der Waals surface area contributed by atoms with Gasteiger partial charge in [-0.25, -0.2) is 0 Å². The Kier molecular flexibility index (Phi) is 4.59. The van der Waals surface area contributed by atoms with Gasteiger partial charge < -0.3 is 9.47 Å². The molecule has 1 fully saturated rings. The van der Waals surface area contributed by atoms with Gasteiger partial charge in [0.25, 0.3) is 0 Å². The second-order valence-corrected chi connectivity index (χ2v) is 5.20. The van der Waals surface area contributed by atoms with E-state index >= 15 is 0 Å². The molecule has 0 aromatic heterocycles. The second-order valence-electron chi connectivity index (χ2n) is 5.20. The fourth-order valence-electron chi connectivity index (χ4n) is 2.52. The predicted molar refractivity (Wildman–Crippen MR) is 73.6 cm³/mol. The first kappa shape index (κ1) is 14.1. The average Bonchev–Trinajstić information content (AvgIpc) is 3.16. The van der Waals surface area contributed by atoms with Crippen LogP contribution in [0, 0.1) is 11.3 Å². The Morgan fingerprint density at radius 1 is 1.32 bits per heavy atom. The van der Waals surface area contributed by atoms with Gasteiger partial charge in [0.05, 0.1) is 25.7 Å². The summed E-state index contributed by atoms with van der Waals surface area (Å²) in [4.78, 5) is 11.7. The molecule has 2 unspecified atom stereocenters. The van der Waals surface area contributed by atoms with Crippen LogP contribution < -0.4 is 0 Å². The van der Waals surface area contributed by atoms with Crippen molar-refractivity contribution in [3.8, 4) is 0 Å². The molecular weight excluding hydrogens is 240 g/mol. The minimum absolute atomic E-state index is 0.0149. The summed E-state index contributed by atoms with van der Waals surface area (Å²) in [6, 6.07) is 10.1. The number of benzene rings is 1. The summed E-state index contributed by atoms with van der Waals surface area (Å²) in [5.74, 6) is -0.0270. The highest BCUT2D eigenvalue weighted by Gasteiger charge is 2.57. The molecule has 0 amide bonds. The van der Waals surface area contributed by atoms with E-state index in [1.54, 1.807) is 0 Å². The van der Waals surface area contributed by atoms with Gasteiger partial charge in [-0.3, -0.25) is 4.79 Å². The SMILES string of the molecule is CCOC(=O)C1CC1(CC)COCc1ccccc1. The molecule has 19 heavy (non-hydrogen) atoms. The van der Waals surface area contributed by atoms with Gasteiger partial charge in [0.15, 0.2) is 0 Å². The summed E-state index contributed by atoms with van der Waals surface area (Å²) in [6.07, 6.45) is 1.86. The summed E-state index contributed by atoms with van der Waals surface area (Å²) < 4.78 is 10.9. The highest BCUT2D eigenvalue weighted by molar-refractivity contribution is 5.77. The maximum Gasteiger partial charge on any atom is 0.309 e. The van der Waals surface area contributed by atoms with E-state index in [4.69, 9.17) is 9.47 Å². The number of rotatable bonds is 7. The Morgan fingerprint density at radius 2 is 2.05 bits per heavy atom. The zero-order chi connectivity index (χ0) is 13.7. The van der Waals surface area contributed by atoms with Crippen LogP contribution in [0.4, 0.5) is 0 Å². The highest BCUT2D eigenvalue weighted by Crippen LogP contribution is 2.56. The number of carbonyl (C=O) groups is 1. The van der Waals surface area contributed by atoms with E-state index in [0.717, 1.165) is 12.8 Å². The van der Waals surface area contributed by atoms with Gasteiger partial charge in [-0.15, -0.1) is 0 Å². The monoisotopic (exact) mass is 262 g/mol. The van der Waals surface area contributed by atoms with Crippen LogP contribution in [0.15, 0.2) is 30.3 Å². The first-order valence-corrected chi connectivity index (χ1v) is 7.00. The average molecular weight is 262 g/mol. The third-order valence-corrected chi connectivity index (χ3v) is 3.97. The molecule has 0 aliphatic heterocycles. The Hall–Kier alpha value is -1.35. The van der Waals surface area contributed by atoms with Gasteiger partial charge in [0, 0.05) is 5.41 Å². The molecule has 0 radical (unpaired) electrons. The summed E-state index contributed by atoms with van der Waals surface area (Å²) >= 11 is 0. The Bertz CT molecular complexity index is 415. The van der Waals surface area contributed by atoms with E-state index in [1.807, 2.05) is 37.3 Å². The molecular formula is C16H22O3. The van der Waals surface area contributed by atoms with Gasteiger partial charge in [-0.2, -0.15) is 0 Å². The molecule has 0 spiro atoms. The summed E-state index contributed by atoms with van der Waals surface area (Å²) in [6.45, 7) is 5.67. The Labute approximate surface area is 114 Å². The van der Waals surface area contributed by atoms with Crippen LogP contribution in [0.3, 0.4) is 0 Å². The Morgan fingerprint density at radius 3 is 2.68 bits per heavy atom. The molecule has 1 aliphatic rings. The third-order valence-electron chi connectivity index (χ3n) is 3.97. The maximum absolute atomic E-state index is 11.7. The van der Waals surface area contributed by atoms with Crippen LogP contribution in [0.25, 0.3) is 0 Å². The fraction of sp³-hybridized carbons (Fsp3) is 0.562. The van der Waals surface area contributed by atoms with Crippen molar-refractivity contribution < 1.29 is 14.3 Å². The standard InChI is InChI=1S/C16H22O3/c1-3-16(10-14(16)15(17)19-4-2)12-18-11-13-8-6-5-7-9-13/h5-9,14H,3-4,10-12H2,1-2H3. The molecule has 3 nitrogen and oxygen atoms in total. The van der Waals surface area contributed by atoms with Crippen LogP contribution in [0.5, 0.6) is 0 Å². The van der Waals surface area contributed by atoms with Crippen LogP contribution in [-0.2, 0) is 20.9 Å². The Balaban J connectivity index is 1.80. The molecule has 104 valence electrons. The van der Waals surface area contributed by atoms with Crippen molar-refractivity contribution in [1.29, 1.82) is 0 Å². The number of esters is 1. The van der Waals surface area contributed by atoms with E-state index in [0.29, 0.717) is 19.8 Å². The van der Waals surface area contributed by atoms with Crippen LogP contribution >= 0.6 is 0 Å². The van der Waals surface area contributed by atoms with Crippen molar-refractivity contribution in [2.75, 3.05) is 13.2 Å². The van der Waals surface area contributed by atoms with E-state index in [-0.39, 0.29) is 17.3 Å². The van der Waals surface area contributed by atoms with Gasteiger partial charge in [-0.1, -0.05) is 37.3 Å². The van der Waals surface area contributed by atoms with E-state index in [2.05, 4.69) is 6.92 Å². The zero-order valence-corrected chi connectivity index (χ0v) is 11.7. The lowest BCUT2D eigenvalue weighted by molar-refractivity contribution is -0.146. The van der Waals surface area contributed by atoms with Crippen molar-refractivity contribution in [2.24, 2.45) is 11.3 Å². The molecule has 1 aromatic carbocycles. The highest BCUT2D eigenvalue weighted by atomic mass is 16.5. The number of hydrogen-bond donors (Lipinski definition) is 0. The van der Waals surface area contributed by atoms with Crippen molar-refractivity contribution in [1.82, 2.24) is 0 Å². The number of ether oxygens (including phenoxy) is 2. The van der Waals surface area contributed by atoms with Crippen molar-refractivity contribution in [2.45, 2.75) is 33.3 Å². The van der Waals surface area contributed by atoms with Gasteiger partial charge >= 0.3 is 5.97 Å². The maximum atomic E-state index is 11.7. The molecule has 2 rings (SSSR count). The van der Waals surface area contributed by atoms with Crippen LogP contribution in [0.1, 0.15) is 32.3 Å². The molecule has 0 bridgehead atoms. The summed E-state index contributed by atoms with van der Waals surface area (Å²) in [5, 5.41) is 0. The van der Waals surface area contributed by atoms with E-state index in [9.17, 15) is 4.79 Å². The van der Waals surface area contributed by atoms with Crippen LogP contribution in [-0.4, -0.2) is 19.2 Å². The van der Waals surface area contributed by atoms with Crippen LogP contribution in [0.2, 0.25) is 0 Å². The van der Waals surface area contributed by atoms with Crippen molar-refractivity contribution in [3.63, 3.8) is 0 Å². The van der Waals surface area contributed by atoms with Gasteiger partial charge in [0.1, 0.15) is 0 Å². The molecule has 0 saturated heterocycles. The predicted octanol–water partition coefficient (Wildman–Crippen LogP) is 3.18. The number of hydrogen-bond acceptors (Lipinski definition) is 3. The lowest BCUT2D eigenvalue weighted by Crippen LogP contribution is -2.18. The van der Waals surface area contributed by atoms with Gasteiger partial charge in [0.2, 0.25) is 0 Å². The smallest absolute Gasteiger partial charge is 0.309 e. The largest absolute Gasteiger partial charge is 0.466 e. The number of carbonyl (C=O) groups excluding carboxylic acids is 1. The first-order chi connectivity index (χ1) is 9.22. The van der Waals surface area contributed by atoms with Gasteiger partial charge in [-0.05, 0) is 25.3 Å². The third kappa shape index (κ3) is 3.35. The van der Waals surface area contributed by atoms with Crippen molar-refractivity contribution in [3.05, 3.63) is 35.9 Å². The van der Waals surface area contributed by atoms with E-state index in [1.165, 1.54) is 5.56 Å². The van der Waals surface area contributed by atoms with E-state index < -0.39 is 0 Å². The molecule has 1 saturated carbocycles. The molecule has 0 N–H and O–H groups in total. The zero-order valence-electron chi connectivity index (χ0n) is 11.7. The minimum Gasteiger partial charge on any atom is -0.466 e. The second kappa shape index (κ2) is 6.20. The summed E-state index contributed by atoms with van der Waals surface area (Å²) in [7, 11) is 0. The topological polar surface area (TPSA) is 35.5 Å². The first-order valence-electron chi connectivity index (χ1n) is 7.00. The fourth-order valence-corrected chi connectivity index (χ4v) is 2.52. The minimum atomic E-state index is -0.0624. The molecule has 0 heterocycles. The molecule has 1 aromatic rings. The van der Waals surface area contributed by atoms with Crippen molar-refractivity contribution >= 4 is 5.97 Å². The summed E-state index contributed by atoms with van der Waals surface area (Å²) in [5.41, 5.74) is 1.18. The molecule has 3 heteroatoms. The normalized spacial score (nSPS) is 25.1. The molecule has 2 atom stereocenters. The lowest BCUT2D eigenvalue weighted by atomic mass is 10.0.